The molecule has 12 heavy (non-hydrogen) atoms. The molecule has 1 fully saturated rings. The van der Waals surface area contributed by atoms with Gasteiger partial charge in [-0.1, -0.05) is 0 Å². The van der Waals surface area contributed by atoms with Crippen molar-refractivity contribution in [3.63, 3.8) is 0 Å². The van der Waals surface area contributed by atoms with Crippen molar-refractivity contribution < 1.29 is 9.53 Å². The van der Waals surface area contributed by atoms with E-state index < -0.39 is 0 Å². The zero-order chi connectivity index (χ0) is 8.97. The molecule has 3 N–H and O–H groups in total. The van der Waals surface area contributed by atoms with Gasteiger partial charge in [0.05, 0.1) is 7.11 Å². The molecule has 1 rings (SSSR count). The third kappa shape index (κ3) is 2.19. The molecule has 2 atom stereocenters. The van der Waals surface area contributed by atoms with Crippen LogP contribution in [0.2, 0.25) is 0 Å². The van der Waals surface area contributed by atoms with Crippen LogP contribution in [0.4, 0.5) is 0 Å². The molecule has 0 saturated carbocycles. The van der Waals surface area contributed by atoms with Crippen LogP contribution in [0, 0.1) is 5.92 Å². The average molecular weight is 172 g/mol. The first-order valence-electron chi connectivity index (χ1n) is 4.29. The quantitative estimate of drug-likeness (QED) is 0.550. The van der Waals surface area contributed by atoms with E-state index in [4.69, 9.17) is 5.73 Å². The Balaban J connectivity index is 2.40. The number of carbonyl (C=O) groups excluding carboxylic acids is 1. The van der Waals surface area contributed by atoms with Gasteiger partial charge in [0.15, 0.2) is 0 Å². The maximum Gasteiger partial charge on any atom is 0.322 e. The molecule has 1 heterocycles. The van der Waals surface area contributed by atoms with Crippen LogP contribution in [-0.4, -0.2) is 32.2 Å². The molecule has 0 aliphatic carbocycles. The number of ether oxygens (including phenoxy) is 1. The fraction of sp³-hybridized carbons (Fsp3) is 0.875. The Labute approximate surface area is 72.5 Å². The third-order valence-electron chi connectivity index (χ3n) is 2.33. The Bertz CT molecular complexity index is 161. The zero-order valence-electron chi connectivity index (χ0n) is 7.38. The van der Waals surface area contributed by atoms with Gasteiger partial charge in [-0.3, -0.25) is 4.79 Å². The molecule has 0 spiro atoms. The first-order valence-corrected chi connectivity index (χ1v) is 4.29. The van der Waals surface area contributed by atoms with Crippen LogP contribution in [0.3, 0.4) is 0 Å². The lowest BCUT2D eigenvalue weighted by atomic mass is 9.93. The predicted octanol–water partition coefficient (Wildman–Crippen LogP) is -0.514. The summed E-state index contributed by atoms with van der Waals surface area (Å²) in [6.07, 6.45) is 1.87. The standard InChI is InChI=1S/C8H16N2O2/c1-12-8(11)7-4-6(5-9)2-3-10-7/h6-7,10H,2-5,9H2,1H3/t6-,7+/m0/s1. The van der Waals surface area contributed by atoms with Crippen LogP contribution >= 0.6 is 0 Å². The highest BCUT2D eigenvalue weighted by molar-refractivity contribution is 5.75. The topological polar surface area (TPSA) is 64.3 Å². The molecular weight excluding hydrogens is 156 g/mol. The van der Waals surface area contributed by atoms with E-state index in [9.17, 15) is 4.79 Å². The number of methoxy groups -OCH3 is 1. The lowest BCUT2D eigenvalue weighted by Crippen LogP contribution is -2.45. The summed E-state index contributed by atoms with van der Waals surface area (Å²) in [6.45, 7) is 1.52. The number of piperidine rings is 1. The van der Waals surface area contributed by atoms with Crippen molar-refractivity contribution in [2.24, 2.45) is 11.7 Å². The van der Waals surface area contributed by atoms with E-state index in [-0.39, 0.29) is 12.0 Å². The molecule has 0 radical (unpaired) electrons. The fourth-order valence-corrected chi connectivity index (χ4v) is 1.53. The highest BCUT2D eigenvalue weighted by Gasteiger charge is 2.26. The van der Waals surface area contributed by atoms with Gasteiger partial charge in [-0.05, 0) is 31.8 Å². The Kier molecular flexibility index (Phi) is 3.49. The summed E-state index contributed by atoms with van der Waals surface area (Å²) in [7, 11) is 1.41. The zero-order valence-corrected chi connectivity index (χ0v) is 7.38. The van der Waals surface area contributed by atoms with Crippen molar-refractivity contribution in [3.8, 4) is 0 Å². The van der Waals surface area contributed by atoms with Crippen molar-refractivity contribution >= 4 is 5.97 Å². The monoisotopic (exact) mass is 172 g/mol. The number of hydrogen-bond donors (Lipinski definition) is 2. The van der Waals surface area contributed by atoms with E-state index in [2.05, 4.69) is 10.1 Å². The molecule has 4 heteroatoms. The van der Waals surface area contributed by atoms with Gasteiger partial charge in [0.25, 0.3) is 0 Å². The van der Waals surface area contributed by atoms with E-state index in [1.54, 1.807) is 0 Å². The lowest BCUT2D eigenvalue weighted by molar-refractivity contribution is -0.144. The maximum atomic E-state index is 11.1. The Morgan fingerprint density at radius 2 is 2.50 bits per heavy atom. The van der Waals surface area contributed by atoms with Crippen LogP contribution in [0.1, 0.15) is 12.8 Å². The number of nitrogens with one attached hydrogen (secondary N) is 1. The molecule has 1 aliphatic rings. The van der Waals surface area contributed by atoms with Crippen molar-refractivity contribution in [1.82, 2.24) is 5.32 Å². The van der Waals surface area contributed by atoms with Crippen LogP contribution in [0.15, 0.2) is 0 Å². The van der Waals surface area contributed by atoms with E-state index >= 15 is 0 Å². The second-order valence-electron chi connectivity index (χ2n) is 3.16. The first-order chi connectivity index (χ1) is 5.77. The summed E-state index contributed by atoms with van der Waals surface area (Å²) in [4.78, 5) is 11.1. The minimum Gasteiger partial charge on any atom is -0.468 e. The number of nitrogens with two attached hydrogens (primary N) is 1. The SMILES string of the molecule is COC(=O)[C@H]1C[C@@H](CN)CCN1. The Morgan fingerprint density at radius 3 is 3.08 bits per heavy atom. The molecule has 0 aromatic carbocycles. The van der Waals surface area contributed by atoms with Gasteiger partial charge in [-0.2, -0.15) is 0 Å². The van der Waals surface area contributed by atoms with Crippen molar-refractivity contribution in [2.75, 3.05) is 20.2 Å². The molecule has 0 bridgehead atoms. The number of hydrogen-bond acceptors (Lipinski definition) is 4. The van der Waals surface area contributed by atoms with Crippen LogP contribution in [0.5, 0.6) is 0 Å². The smallest absolute Gasteiger partial charge is 0.322 e. The summed E-state index contributed by atoms with van der Waals surface area (Å²) < 4.78 is 4.64. The first kappa shape index (κ1) is 9.48. The highest BCUT2D eigenvalue weighted by Crippen LogP contribution is 2.15. The minimum absolute atomic E-state index is 0.141. The number of rotatable bonds is 2. The molecule has 0 amide bonds. The summed E-state index contributed by atoms with van der Waals surface area (Å²) in [5.41, 5.74) is 5.53. The lowest BCUT2D eigenvalue weighted by Gasteiger charge is -2.27. The molecule has 0 unspecified atom stereocenters. The second kappa shape index (κ2) is 4.42. The summed E-state index contributed by atoms with van der Waals surface area (Å²) in [5, 5.41) is 3.10. The van der Waals surface area contributed by atoms with Gasteiger partial charge < -0.3 is 15.8 Å². The molecule has 0 aromatic rings. The van der Waals surface area contributed by atoms with Gasteiger partial charge in [-0.15, -0.1) is 0 Å². The molecule has 4 nitrogen and oxygen atoms in total. The average Bonchev–Trinajstić information content (AvgIpc) is 2.17. The van der Waals surface area contributed by atoms with Crippen molar-refractivity contribution in [1.29, 1.82) is 0 Å². The highest BCUT2D eigenvalue weighted by atomic mass is 16.5. The van der Waals surface area contributed by atoms with E-state index in [0.717, 1.165) is 19.4 Å². The van der Waals surface area contributed by atoms with Crippen LogP contribution in [-0.2, 0) is 9.53 Å². The van der Waals surface area contributed by atoms with Crippen LogP contribution < -0.4 is 11.1 Å². The number of esters is 1. The van der Waals surface area contributed by atoms with Gasteiger partial charge in [0, 0.05) is 0 Å². The molecular formula is C8H16N2O2. The second-order valence-corrected chi connectivity index (χ2v) is 3.16. The van der Waals surface area contributed by atoms with E-state index in [1.807, 2.05) is 0 Å². The fourth-order valence-electron chi connectivity index (χ4n) is 1.53. The largest absolute Gasteiger partial charge is 0.468 e. The van der Waals surface area contributed by atoms with Gasteiger partial charge >= 0.3 is 5.97 Å². The van der Waals surface area contributed by atoms with Gasteiger partial charge in [0.2, 0.25) is 0 Å². The molecule has 1 saturated heterocycles. The predicted molar refractivity (Wildman–Crippen MR) is 45.6 cm³/mol. The Morgan fingerprint density at radius 1 is 1.75 bits per heavy atom. The van der Waals surface area contributed by atoms with Gasteiger partial charge in [0.1, 0.15) is 6.04 Å². The molecule has 0 aromatic heterocycles. The van der Waals surface area contributed by atoms with Crippen molar-refractivity contribution in [2.45, 2.75) is 18.9 Å². The molecule has 1 aliphatic heterocycles. The van der Waals surface area contributed by atoms with Crippen molar-refractivity contribution in [3.05, 3.63) is 0 Å². The summed E-state index contributed by atoms with van der Waals surface area (Å²) in [5.74, 6) is 0.295. The van der Waals surface area contributed by atoms with E-state index in [0.29, 0.717) is 12.5 Å². The van der Waals surface area contributed by atoms with E-state index in [1.165, 1.54) is 7.11 Å². The van der Waals surface area contributed by atoms with Crippen LogP contribution in [0.25, 0.3) is 0 Å². The maximum absolute atomic E-state index is 11.1. The summed E-state index contributed by atoms with van der Waals surface area (Å²) >= 11 is 0. The number of carbonyl (C=O) groups is 1. The normalized spacial score (nSPS) is 29.8. The third-order valence-corrected chi connectivity index (χ3v) is 2.33. The van der Waals surface area contributed by atoms with Gasteiger partial charge in [-0.25, -0.2) is 0 Å². The summed E-state index contributed by atoms with van der Waals surface area (Å²) in [6, 6.07) is -0.141. The molecule has 70 valence electrons. The minimum atomic E-state index is -0.173. The Hall–Kier alpha value is -0.610.